The second-order valence-corrected chi connectivity index (χ2v) is 18.0. The highest BCUT2D eigenvalue weighted by Gasteiger charge is 2.27. The molecule has 56 heavy (non-hydrogen) atoms. The smallest absolute Gasteiger partial charge is 0.462 e. The minimum absolute atomic E-state index is 0.0241. The van der Waals surface area contributed by atoms with Gasteiger partial charge in [-0.3, -0.25) is 18.6 Å². The molecule has 0 amide bonds. The van der Waals surface area contributed by atoms with Crippen molar-refractivity contribution in [1.29, 1.82) is 0 Å². The van der Waals surface area contributed by atoms with Gasteiger partial charge in [0, 0.05) is 12.8 Å². The van der Waals surface area contributed by atoms with Crippen LogP contribution in [0.1, 0.15) is 193 Å². The van der Waals surface area contributed by atoms with Crippen molar-refractivity contribution in [3.8, 4) is 0 Å². The topological polar surface area (TPSA) is 108 Å². The Morgan fingerprint density at radius 3 is 1.59 bits per heavy atom. The second kappa shape index (κ2) is 38.7. The molecule has 0 aliphatic carbocycles. The average molecular weight is 813 g/mol. The molecule has 0 aliphatic rings. The highest BCUT2D eigenvalue weighted by atomic mass is 31.2. The average Bonchev–Trinajstić information content (AvgIpc) is 3.15. The molecule has 0 spiro atoms. The Morgan fingerprint density at radius 2 is 1.07 bits per heavy atom. The zero-order valence-electron chi connectivity index (χ0n) is 36.7. The van der Waals surface area contributed by atoms with Crippen molar-refractivity contribution in [1.82, 2.24) is 0 Å². The number of hydrogen-bond donors (Lipinski definition) is 1. The van der Waals surface area contributed by atoms with Crippen molar-refractivity contribution >= 4 is 19.8 Å². The summed E-state index contributed by atoms with van der Waals surface area (Å²) in [5.74, 6) is -0.851. The van der Waals surface area contributed by atoms with Crippen molar-refractivity contribution < 1.29 is 42.1 Å². The molecule has 0 rings (SSSR count). The lowest BCUT2D eigenvalue weighted by Crippen LogP contribution is -2.37. The zero-order valence-corrected chi connectivity index (χ0v) is 37.6. The number of rotatable bonds is 42. The first-order valence-electron chi connectivity index (χ1n) is 22.7. The van der Waals surface area contributed by atoms with E-state index in [1.807, 2.05) is 27.2 Å². The number of ether oxygens (including phenoxy) is 2. The molecule has 0 aromatic rings. The van der Waals surface area contributed by atoms with Crippen molar-refractivity contribution in [2.45, 2.75) is 199 Å². The van der Waals surface area contributed by atoms with Crippen LogP contribution >= 0.6 is 7.82 Å². The molecule has 0 aromatic carbocycles. The van der Waals surface area contributed by atoms with Crippen LogP contribution in [-0.4, -0.2) is 74.9 Å². The van der Waals surface area contributed by atoms with Gasteiger partial charge in [-0.05, 0) is 51.4 Å². The van der Waals surface area contributed by atoms with Gasteiger partial charge < -0.3 is 18.9 Å². The summed E-state index contributed by atoms with van der Waals surface area (Å²) in [7, 11) is 1.45. The van der Waals surface area contributed by atoms with Crippen molar-refractivity contribution in [2.24, 2.45) is 0 Å². The van der Waals surface area contributed by atoms with E-state index in [2.05, 4.69) is 37.8 Å². The molecule has 0 heterocycles. The SMILES string of the molecule is C=CCCCCCCCCCCCCCCCC(=O)OC[C@H](COP(=O)(O)OCC[N+](C)(C)C)OC(=O)CCC/C=C/C/C=C/CCCCCCCCCCC. The molecule has 10 heteroatoms. The third kappa shape index (κ3) is 41.9. The molecule has 9 nitrogen and oxygen atoms in total. The maximum absolute atomic E-state index is 12.7. The summed E-state index contributed by atoms with van der Waals surface area (Å²) in [6, 6.07) is 0. The van der Waals surface area contributed by atoms with Gasteiger partial charge in [-0.2, -0.15) is 0 Å². The Bertz CT molecular complexity index is 1040. The van der Waals surface area contributed by atoms with E-state index in [0.717, 1.165) is 44.9 Å². The van der Waals surface area contributed by atoms with Crippen LogP contribution in [0.15, 0.2) is 37.0 Å². The highest BCUT2D eigenvalue weighted by Crippen LogP contribution is 2.43. The number of allylic oxidation sites excluding steroid dienone is 5. The van der Waals surface area contributed by atoms with Gasteiger partial charge in [0.25, 0.3) is 0 Å². The van der Waals surface area contributed by atoms with Crippen molar-refractivity contribution in [2.75, 3.05) is 47.5 Å². The minimum Gasteiger partial charge on any atom is -0.462 e. The molecular formula is C46H87NO8P+. The quantitative estimate of drug-likeness (QED) is 0.0213. The molecule has 0 saturated heterocycles. The zero-order chi connectivity index (χ0) is 41.4. The Labute approximate surface area is 344 Å². The van der Waals surface area contributed by atoms with Gasteiger partial charge in [0.05, 0.1) is 27.7 Å². The fourth-order valence-corrected chi connectivity index (χ4v) is 6.95. The third-order valence-corrected chi connectivity index (χ3v) is 10.8. The number of esters is 2. The van der Waals surface area contributed by atoms with Gasteiger partial charge in [0.1, 0.15) is 19.8 Å². The first-order chi connectivity index (χ1) is 27.0. The van der Waals surface area contributed by atoms with E-state index in [1.54, 1.807) is 0 Å². The molecule has 0 aromatic heterocycles. The van der Waals surface area contributed by atoms with Gasteiger partial charge in [-0.1, -0.05) is 159 Å². The van der Waals surface area contributed by atoms with Crippen LogP contribution in [0.3, 0.4) is 0 Å². The monoisotopic (exact) mass is 813 g/mol. The number of nitrogens with zero attached hydrogens (tertiary/aromatic N) is 1. The van der Waals surface area contributed by atoms with E-state index >= 15 is 0 Å². The number of phosphoric ester groups is 1. The van der Waals surface area contributed by atoms with Crippen LogP contribution in [-0.2, 0) is 32.7 Å². The van der Waals surface area contributed by atoms with Gasteiger partial charge in [-0.15, -0.1) is 6.58 Å². The lowest BCUT2D eigenvalue weighted by Gasteiger charge is -2.24. The molecule has 0 fully saturated rings. The number of hydrogen-bond acceptors (Lipinski definition) is 7. The first-order valence-corrected chi connectivity index (χ1v) is 24.2. The van der Waals surface area contributed by atoms with E-state index < -0.39 is 26.5 Å². The summed E-state index contributed by atoms with van der Waals surface area (Å²) in [6.07, 6.45) is 42.4. The molecule has 0 bridgehead atoms. The molecular weight excluding hydrogens is 725 g/mol. The molecule has 328 valence electrons. The Balaban J connectivity index is 4.38. The predicted molar refractivity (Wildman–Crippen MR) is 234 cm³/mol. The molecule has 1 unspecified atom stereocenters. The van der Waals surface area contributed by atoms with E-state index in [-0.39, 0.29) is 32.0 Å². The summed E-state index contributed by atoms with van der Waals surface area (Å²) in [5.41, 5.74) is 0. The molecule has 0 aliphatic heterocycles. The summed E-state index contributed by atoms with van der Waals surface area (Å²) in [5, 5.41) is 0. The van der Waals surface area contributed by atoms with E-state index in [4.69, 9.17) is 18.5 Å². The van der Waals surface area contributed by atoms with Crippen LogP contribution in [0.2, 0.25) is 0 Å². The van der Waals surface area contributed by atoms with Gasteiger partial charge in [0.15, 0.2) is 6.10 Å². The van der Waals surface area contributed by atoms with E-state index in [1.165, 1.54) is 122 Å². The Hall–Kier alpha value is -1.77. The highest BCUT2D eigenvalue weighted by molar-refractivity contribution is 7.47. The maximum Gasteiger partial charge on any atom is 0.472 e. The lowest BCUT2D eigenvalue weighted by atomic mass is 10.0. The fourth-order valence-electron chi connectivity index (χ4n) is 6.21. The number of unbranched alkanes of at least 4 members (excludes halogenated alkanes) is 23. The molecule has 0 saturated carbocycles. The Kier molecular flexibility index (Phi) is 37.5. The summed E-state index contributed by atoms with van der Waals surface area (Å²) in [4.78, 5) is 35.4. The van der Waals surface area contributed by atoms with Gasteiger partial charge in [0.2, 0.25) is 0 Å². The predicted octanol–water partition coefficient (Wildman–Crippen LogP) is 12.9. The van der Waals surface area contributed by atoms with Crippen LogP contribution in [0.5, 0.6) is 0 Å². The third-order valence-electron chi connectivity index (χ3n) is 9.79. The van der Waals surface area contributed by atoms with Crippen molar-refractivity contribution in [3.63, 3.8) is 0 Å². The summed E-state index contributed by atoms with van der Waals surface area (Å²) < 4.78 is 34.3. The van der Waals surface area contributed by atoms with Crippen LogP contribution in [0.4, 0.5) is 0 Å². The fraction of sp³-hybridized carbons (Fsp3) is 0.826. The summed E-state index contributed by atoms with van der Waals surface area (Å²) in [6.45, 7) is 5.90. The summed E-state index contributed by atoms with van der Waals surface area (Å²) >= 11 is 0. The van der Waals surface area contributed by atoms with Crippen LogP contribution < -0.4 is 0 Å². The number of quaternary nitrogens is 1. The number of carbonyl (C=O) groups excluding carboxylic acids is 2. The number of phosphoric acid groups is 1. The van der Waals surface area contributed by atoms with Gasteiger partial charge >= 0.3 is 19.8 Å². The van der Waals surface area contributed by atoms with Gasteiger partial charge in [-0.25, -0.2) is 4.57 Å². The van der Waals surface area contributed by atoms with E-state index in [0.29, 0.717) is 17.4 Å². The van der Waals surface area contributed by atoms with Crippen LogP contribution in [0, 0.1) is 0 Å². The van der Waals surface area contributed by atoms with Crippen LogP contribution in [0.25, 0.3) is 0 Å². The van der Waals surface area contributed by atoms with Crippen molar-refractivity contribution in [3.05, 3.63) is 37.0 Å². The minimum atomic E-state index is -4.38. The molecule has 1 N–H and O–H groups in total. The second-order valence-electron chi connectivity index (χ2n) is 16.5. The first kappa shape index (κ1) is 54.2. The normalized spacial score (nSPS) is 13.7. The molecule has 0 radical (unpaired) electrons. The largest absolute Gasteiger partial charge is 0.472 e. The van der Waals surface area contributed by atoms with E-state index in [9.17, 15) is 19.0 Å². The lowest BCUT2D eigenvalue weighted by molar-refractivity contribution is -0.870. The maximum atomic E-state index is 12.7. The molecule has 2 atom stereocenters. The standard InChI is InChI=1S/C46H86NO8P/c1-6-8-10-12-14-16-18-20-22-23-25-27-29-31-33-35-37-39-46(49)55-44(43-54-56(50,51)53-41-40-47(3,4)5)42-52-45(48)38-36-34-32-30-28-26-24-21-19-17-15-13-11-9-7-2/h7,25,27,31,33,44H,2,6,8-24,26,28-30,32,34-43H2,1,3-5H3/p+1/b27-25+,33-31+/t44-/m1/s1. The Morgan fingerprint density at radius 1 is 0.607 bits per heavy atom. The number of likely N-dealkylation sites (N-methyl/N-ethyl adjacent to an activating group) is 1. The number of carbonyl (C=O) groups is 2.